The van der Waals surface area contributed by atoms with Crippen LogP contribution in [-0.2, 0) is 9.53 Å². The van der Waals surface area contributed by atoms with Gasteiger partial charge in [-0.15, -0.1) is 0 Å². The largest absolute Gasteiger partial charge is 0.502 e. The highest BCUT2D eigenvalue weighted by molar-refractivity contribution is 5.79. The number of carbonyl (C=O) groups excluding carboxylic acids is 1. The number of carbonyl (C=O) groups is 1. The summed E-state index contributed by atoms with van der Waals surface area (Å²) in [5.74, 6) is -0.431. The highest BCUT2D eigenvalue weighted by Gasteiger charge is 2.52. The average molecular weight is 493 g/mol. The minimum atomic E-state index is -0.553. The van der Waals surface area contributed by atoms with Crippen molar-refractivity contribution in [1.29, 1.82) is 0 Å². The number of rotatable bonds is 5. The molecule has 0 saturated carbocycles. The van der Waals surface area contributed by atoms with E-state index in [0.29, 0.717) is 17.2 Å². The van der Waals surface area contributed by atoms with Crippen LogP contribution >= 0.6 is 0 Å². The normalized spacial score (nSPS) is 23.5. The summed E-state index contributed by atoms with van der Waals surface area (Å²) >= 11 is 0. The van der Waals surface area contributed by atoms with Crippen LogP contribution in [0, 0.1) is 17.7 Å². The zero-order chi connectivity index (χ0) is 25.0. The third-order valence-corrected chi connectivity index (χ3v) is 7.20. The molecule has 1 aliphatic carbocycles. The number of anilines is 1. The van der Waals surface area contributed by atoms with Gasteiger partial charge >= 0.3 is 5.97 Å². The van der Waals surface area contributed by atoms with E-state index >= 15 is 0 Å². The van der Waals surface area contributed by atoms with E-state index in [1.54, 1.807) is 24.3 Å². The molecule has 0 aromatic heterocycles. The zero-order valence-electron chi connectivity index (χ0n) is 19.6. The first-order valence-electron chi connectivity index (χ1n) is 11.6. The van der Waals surface area contributed by atoms with Crippen molar-refractivity contribution < 1.29 is 38.0 Å². The summed E-state index contributed by atoms with van der Waals surface area (Å²) in [6, 6.07) is 13.1. The maximum atomic E-state index is 14.0. The number of hydrogen-bond donors (Lipinski definition) is 2. The number of methoxy groups -OCH3 is 2. The second-order valence-corrected chi connectivity index (χ2v) is 9.04. The summed E-state index contributed by atoms with van der Waals surface area (Å²) < 4.78 is 41.7. The molecule has 8 nitrogen and oxygen atoms in total. The Balaban J connectivity index is 1.55. The highest BCUT2D eigenvalue weighted by atomic mass is 19.1. The molecule has 1 fully saturated rings. The van der Waals surface area contributed by atoms with E-state index in [1.165, 1.54) is 26.4 Å². The van der Waals surface area contributed by atoms with Crippen molar-refractivity contribution in [2.45, 2.75) is 12.0 Å². The summed E-state index contributed by atoms with van der Waals surface area (Å²) in [5.41, 5.74) is 3.04. The fourth-order valence-corrected chi connectivity index (χ4v) is 5.60. The fraction of sp³-hybridized carbons (Fsp3) is 0.296. The Labute approximate surface area is 206 Å². The van der Waals surface area contributed by atoms with Gasteiger partial charge in [-0.3, -0.25) is 4.79 Å². The first-order valence-corrected chi connectivity index (χ1v) is 11.6. The number of fused-ring (bicyclic) bond motifs is 3. The molecule has 2 heterocycles. The van der Waals surface area contributed by atoms with Gasteiger partial charge in [0, 0.05) is 17.5 Å². The topological polar surface area (TPSA) is 95.5 Å². The van der Waals surface area contributed by atoms with Crippen LogP contribution in [-0.4, -0.2) is 38.7 Å². The van der Waals surface area contributed by atoms with E-state index in [2.05, 4.69) is 5.32 Å². The molecule has 3 aromatic rings. The summed E-state index contributed by atoms with van der Waals surface area (Å²) in [7, 11) is 2.91. The summed E-state index contributed by atoms with van der Waals surface area (Å²) in [5, 5.41) is 13.9. The van der Waals surface area contributed by atoms with Crippen LogP contribution in [0.25, 0.3) is 0 Å². The van der Waals surface area contributed by atoms with Crippen LogP contribution < -0.4 is 24.3 Å². The van der Waals surface area contributed by atoms with Gasteiger partial charge in [-0.2, -0.15) is 0 Å². The lowest BCUT2D eigenvalue weighted by Gasteiger charge is -2.40. The molecule has 6 rings (SSSR count). The maximum absolute atomic E-state index is 14.0. The first-order chi connectivity index (χ1) is 17.5. The number of benzene rings is 3. The Kier molecular flexibility index (Phi) is 5.28. The molecule has 0 unspecified atom stereocenters. The molecular formula is C27H24FNO7. The fourth-order valence-electron chi connectivity index (χ4n) is 5.60. The highest BCUT2D eigenvalue weighted by Crippen LogP contribution is 2.56. The Morgan fingerprint density at radius 3 is 2.33 bits per heavy atom. The smallest absolute Gasteiger partial charge is 0.310 e. The lowest BCUT2D eigenvalue weighted by atomic mass is 9.65. The molecule has 9 heteroatoms. The van der Waals surface area contributed by atoms with Gasteiger partial charge in [0.25, 0.3) is 0 Å². The van der Waals surface area contributed by atoms with Crippen LogP contribution in [0.15, 0.2) is 48.5 Å². The Morgan fingerprint density at radius 1 is 0.972 bits per heavy atom. The van der Waals surface area contributed by atoms with Crippen LogP contribution in [0.2, 0.25) is 0 Å². The molecule has 4 atom stereocenters. The molecule has 3 aliphatic rings. The number of phenols is 1. The summed E-state index contributed by atoms with van der Waals surface area (Å²) in [6.45, 7) is 0.299. The monoisotopic (exact) mass is 493 g/mol. The van der Waals surface area contributed by atoms with Crippen molar-refractivity contribution in [1.82, 2.24) is 0 Å². The molecular weight excluding hydrogens is 469 g/mol. The number of ether oxygens (including phenoxy) is 5. The van der Waals surface area contributed by atoms with Crippen molar-refractivity contribution >= 4 is 11.7 Å². The molecule has 0 bridgehead atoms. The zero-order valence-corrected chi connectivity index (χ0v) is 19.6. The molecule has 2 aliphatic heterocycles. The van der Waals surface area contributed by atoms with E-state index in [1.807, 2.05) is 12.1 Å². The molecule has 0 spiro atoms. The second kappa shape index (κ2) is 8.51. The van der Waals surface area contributed by atoms with E-state index in [0.717, 1.165) is 16.7 Å². The van der Waals surface area contributed by atoms with Crippen LogP contribution in [0.1, 0.15) is 28.7 Å². The number of nitrogens with one attached hydrogen (secondary N) is 1. The Hall–Kier alpha value is -4.14. The SMILES string of the molecule is COc1cc([C@@H]2c3cc4c(cc3[C@@H](Nc3cccc(F)c3)[C@H]3COC(=O)[C@H]23)OCO4)cc(OC)c1O. The van der Waals surface area contributed by atoms with Crippen LogP contribution in [0.4, 0.5) is 10.1 Å². The van der Waals surface area contributed by atoms with Crippen molar-refractivity contribution in [2.75, 3.05) is 32.9 Å². The predicted octanol–water partition coefficient (Wildman–Crippen LogP) is 4.37. The number of hydrogen-bond acceptors (Lipinski definition) is 8. The quantitative estimate of drug-likeness (QED) is 0.506. The molecule has 0 radical (unpaired) electrons. The minimum Gasteiger partial charge on any atom is -0.502 e. The van der Waals surface area contributed by atoms with Gasteiger partial charge < -0.3 is 34.1 Å². The molecule has 36 heavy (non-hydrogen) atoms. The number of esters is 1. The lowest BCUT2D eigenvalue weighted by Crippen LogP contribution is -2.37. The van der Waals surface area contributed by atoms with Crippen molar-refractivity contribution in [3.05, 3.63) is 71.0 Å². The van der Waals surface area contributed by atoms with Crippen molar-refractivity contribution in [2.24, 2.45) is 11.8 Å². The van der Waals surface area contributed by atoms with Gasteiger partial charge in [-0.25, -0.2) is 4.39 Å². The number of aromatic hydroxyl groups is 1. The number of halogens is 1. The first kappa shape index (κ1) is 22.3. The van der Waals surface area contributed by atoms with Gasteiger partial charge in [0.1, 0.15) is 5.82 Å². The lowest BCUT2D eigenvalue weighted by molar-refractivity contribution is -0.141. The van der Waals surface area contributed by atoms with Gasteiger partial charge in [0.05, 0.1) is 32.8 Å². The molecule has 3 aromatic carbocycles. The third-order valence-electron chi connectivity index (χ3n) is 7.20. The van der Waals surface area contributed by atoms with Crippen molar-refractivity contribution in [3.8, 4) is 28.7 Å². The van der Waals surface area contributed by atoms with Gasteiger partial charge in [0.2, 0.25) is 12.5 Å². The maximum Gasteiger partial charge on any atom is 0.310 e. The average Bonchev–Trinajstić information content (AvgIpc) is 3.49. The predicted molar refractivity (Wildman–Crippen MR) is 126 cm³/mol. The number of cyclic esters (lactones) is 1. The molecule has 186 valence electrons. The van der Waals surface area contributed by atoms with Gasteiger partial charge in [-0.1, -0.05) is 6.07 Å². The minimum absolute atomic E-state index is 0.0979. The van der Waals surface area contributed by atoms with E-state index in [4.69, 9.17) is 23.7 Å². The van der Waals surface area contributed by atoms with E-state index in [-0.39, 0.29) is 54.4 Å². The standard InChI is InChI=1S/C27H24FNO7/c1-32-21-6-13(7-22(33-2)26(21)30)23-16-9-19-20(36-12-35-19)10-17(16)25(18-11-34-27(31)24(18)23)29-15-5-3-4-14(28)8-15/h3-10,18,23-25,29-30H,11-12H2,1-2H3/t18-,23+,24-,25+/m0/s1. The summed E-state index contributed by atoms with van der Waals surface area (Å²) in [4.78, 5) is 13.2. The third kappa shape index (κ3) is 3.45. The molecule has 2 N–H and O–H groups in total. The molecule has 0 amide bonds. The van der Waals surface area contributed by atoms with Gasteiger partial charge in [0.15, 0.2) is 23.0 Å². The second-order valence-electron chi connectivity index (χ2n) is 9.04. The van der Waals surface area contributed by atoms with E-state index in [9.17, 15) is 14.3 Å². The number of phenolic OH excluding ortho intramolecular Hbond substituents is 1. The van der Waals surface area contributed by atoms with Gasteiger partial charge in [-0.05, 0) is 59.2 Å². The van der Waals surface area contributed by atoms with Crippen LogP contribution in [0.5, 0.6) is 28.7 Å². The summed E-state index contributed by atoms with van der Waals surface area (Å²) in [6.07, 6.45) is 0. The van der Waals surface area contributed by atoms with Crippen LogP contribution in [0.3, 0.4) is 0 Å². The Bertz CT molecular complexity index is 1330. The molecule has 1 saturated heterocycles. The van der Waals surface area contributed by atoms with Crippen molar-refractivity contribution in [3.63, 3.8) is 0 Å². The van der Waals surface area contributed by atoms with E-state index < -0.39 is 11.8 Å². The Morgan fingerprint density at radius 2 is 1.67 bits per heavy atom.